The summed E-state index contributed by atoms with van der Waals surface area (Å²) in [6.07, 6.45) is 4.08. The molecule has 1 N–H and O–H groups in total. The summed E-state index contributed by atoms with van der Waals surface area (Å²) in [5, 5.41) is 3.91. The zero-order valence-corrected chi connectivity index (χ0v) is 17.8. The molecule has 1 aromatic carbocycles. The van der Waals surface area contributed by atoms with E-state index in [0.29, 0.717) is 23.5 Å². The number of methoxy groups -OCH3 is 1. The predicted molar refractivity (Wildman–Crippen MR) is 110 cm³/mol. The number of aryl methyl sites for hydroxylation is 1. The summed E-state index contributed by atoms with van der Waals surface area (Å²) in [6, 6.07) is 5.24. The number of hydrogen-bond donors (Lipinski definition) is 1. The molecule has 0 bridgehead atoms. The third-order valence-electron chi connectivity index (χ3n) is 4.53. The van der Waals surface area contributed by atoms with Crippen molar-refractivity contribution in [2.24, 2.45) is 0 Å². The molecule has 0 aliphatic heterocycles. The number of carbonyl (C=O) groups excluding carboxylic acids is 2. The monoisotopic (exact) mass is 451 g/mol. The summed E-state index contributed by atoms with van der Waals surface area (Å²) in [6.45, 7) is 2.25. The standard InChI is InChI=1S/C20H22BrNO4S/c1-3-26-20(24)18-13-6-4-5-7-17(13)27-19(18)22-11-15(23)12-8-9-16(25-2)14(21)10-12/h8-10,22H,3-7,11H2,1-2H3. The van der Waals surface area contributed by atoms with Crippen LogP contribution in [0, 0.1) is 0 Å². The molecule has 27 heavy (non-hydrogen) atoms. The maximum atomic E-state index is 12.6. The van der Waals surface area contributed by atoms with Crippen LogP contribution in [0.3, 0.4) is 0 Å². The lowest BCUT2D eigenvalue weighted by Gasteiger charge is -2.12. The van der Waals surface area contributed by atoms with Gasteiger partial charge in [0.1, 0.15) is 10.8 Å². The molecule has 1 heterocycles. The van der Waals surface area contributed by atoms with Crippen molar-refractivity contribution < 1.29 is 19.1 Å². The number of anilines is 1. The quantitative estimate of drug-likeness (QED) is 0.480. The van der Waals surface area contributed by atoms with Crippen molar-refractivity contribution in [3.05, 3.63) is 44.2 Å². The van der Waals surface area contributed by atoms with Gasteiger partial charge in [0.2, 0.25) is 0 Å². The molecule has 3 rings (SSSR count). The molecule has 0 amide bonds. The molecule has 7 heteroatoms. The van der Waals surface area contributed by atoms with Gasteiger partial charge in [-0.15, -0.1) is 11.3 Å². The third-order valence-corrected chi connectivity index (χ3v) is 6.40. The van der Waals surface area contributed by atoms with Crippen molar-refractivity contribution in [1.29, 1.82) is 0 Å². The van der Waals surface area contributed by atoms with Crippen molar-refractivity contribution in [2.45, 2.75) is 32.6 Å². The van der Waals surface area contributed by atoms with Gasteiger partial charge in [0, 0.05) is 10.4 Å². The maximum absolute atomic E-state index is 12.6. The Hall–Kier alpha value is -1.86. The molecular weight excluding hydrogens is 430 g/mol. The van der Waals surface area contributed by atoms with Gasteiger partial charge in [-0.05, 0) is 72.3 Å². The lowest BCUT2D eigenvalue weighted by Crippen LogP contribution is -2.16. The molecule has 0 atom stereocenters. The van der Waals surface area contributed by atoms with E-state index < -0.39 is 0 Å². The number of halogens is 1. The van der Waals surface area contributed by atoms with Gasteiger partial charge < -0.3 is 14.8 Å². The van der Waals surface area contributed by atoms with Crippen molar-refractivity contribution in [3.8, 4) is 5.75 Å². The molecule has 1 aliphatic carbocycles. The lowest BCUT2D eigenvalue weighted by atomic mass is 9.95. The largest absolute Gasteiger partial charge is 0.496 e. The molecular formula is C20H22BrNO4S. The van der Waals surface area contributed by atoms with Crippen molar-refractivity contribution in [1.82, 2.24) is 0 Å². The van der Waals surface area contributed by atoms with Crippen LogP contribution in [0.5, 0.6) is 5.75 Å². The van der Waals surface area contributed by atoms with E-state index in [4.69, 9.17) is 9.47 Å². The second-order valence-electron chi connectivity index (χ2n) is 6.26. The van der Waals surface area contributed by atoms with Gasteiger partial charge in [0.15, 0.2) is 5.78 Å². The number of esters is 1. The Balaban J connectivity index is 1.79. The molecule has 0 unspecified atom stereocenters. The third kappa shape index (κ3) is 4.35. The van der Waals surface area contributed by atoms with E-state index in [1.165, 1.54) is 4.88 Å². The highest BCUT2D eigenvalue weighted by atomic mass is 79.9. The predicted octanol–water partition coefficient (Wildman–Crippen LogP) is 4.87. The molecule has 2 aromatic rings. The first-order chi connectivity index (χ1) is 13.0. The van der Waals surface area contributed by atoms with E-state index in [9.17, 15) is 9.59 Å². The van der Waals surface area contributed by atoms with E-state index in [1.807, 2.05) is 0 Å². The molecule has 144 valence electrons. The number of nitrogens with one attached hydrogen (secondary N) is 1. The number of benzene rings is 1. The number of Topliss-reactive ketones (excluding diaryl/α,β-unsaturated/α-hetero) is 1. The minimum atomic E-state index is -0.306. The van der Waals surface area contributed by atoms with Gasteiger partial charge in [-0.2, -0.15) is 0 Å². The Morgan fingerprint density at radius 3 is 2.74 bits per heavy atom. The lowest BCUT2D eigenvalue weighted by molar-refractivity contribution is 0.0526. The number of hydrogen-bond acceptors (Lipinski definition) is 6. The second kappa shape index (κ2) is 8.89. The van der Waals surface area contributed by atoms with E-state index >= 15 is 0 Å². The Morgan fingerprint density at radius 2 is 2.04 bits per heavy atom. The number of ketones is 1. The number of ether oxygens (including phenoxy) is 2. The van der Waals surface area contributed by atoms with Crippen LogP contribution in [-0.4, -0.2) is 32.0 Å². The van der Waals surface area contributed by atoms with Gasteiger partial charge in [-0.25, -0.2) is 4.79 Å². The van der Waals surface area contributed by atoms with Crippen LogP contribution in [-0.2, 0) is 17.6 Å². The SMILES string of the molecule is CCOC(=O)c1c(NCC(=O)c2ccc(OC)c(Br)c2)sc2c1CCCC2. The summed E-state index contributed by atoms with van der Waals surface area (Å²) in [7, 11) is 1.58. The molecule has 0 saturated heterocycles. The Morgan fingerprint density at radius 1 is 1.26 bits per heavy atom. The Bertz CT molecular complexity index is 862. The molecule has 0 radical (unpaired) electrons. The first-order valence-corrected chi connectivity index (χ1v) is 10.6. The highest BCUT2D eigenvalue weighted by molar-refractivity contribution is 9.10. The smallest absolute Gasteiger partial charge is 0.341 e. The van der Waals surface area contributed by atoms with Crippen LogP contribution in [0.1, 0.15) is 50.9 Å². The minimum absolute atomic E-state index is 0.0560. The van der Waals surface area contributed by atoms with Crippen LogP contribution in [0.25, 0.3) is 0 Å². The van der Waals surface area contributed by atoms with Gasteiger partial charge in [0.05, 0.1) is 30.3 Å². The Labute approximate surface area is 171 Å². The molecule has 1 aliphatic rings. The van der Waals surface area contributed by atoms with Crippen molar-refractivity contribution in [3.63, 3.8) is 0 Å². The van der Waals surface area contributed by atoms with Gasteiger partial charge >= 0.3 is 5.97 Å². The van der Waals surface area contributed by atoms with Crippen molar-refractivity contribution in [2.75, 3.05) is 25.6 Å². The summed E-state index contributed by atoms with van der Waals surface area (Å²) in [5.74, 6) is 0.314. The number of carbonyl (C=O) groups is 2. The molecule has 0 spiro atoms. The highest BCUT2D eigenvalue weighted by Crippen LogP contribution is 2.38. The van der Waals surface area contributed by atoms with Crippen LogP contribution in [0.15, 0.2) is 22.7 Å². The van der Waals surface area contributed by atoms with Crippen LogP contribution in [0.4, 0.5) is 5.00 Å². The van der Waals surface area contributed by atoms with Gasteiger partial charge in [0.25, 0.3) is 0 Å². The summed E-state index contributed by atoms with van der Waals surface area (Å²) >= 11 is 4.97. The highest BCUT2D eigenvalue weighted by Gasteiger charge is 2.26. The first kappa shape index (κ1) is 19.9. The number of fused-ring (bicyclic) bond motifs is 1. The van der Waals surface area contributed by atoms with Crippen molar-refractivity contribution >= 4 is 44.0 Å². The second-order valence-corrected chi connectivity index (χ2v) is 8.22. The minimum Gasteiger partial charge on any atom is -0.496 e. The van der Waals surface area contributed by atoms with E-state index in [1.54, 1.807) is 43.6 Å². The normalized spacial score (nSPS) is 13.0. The Kier molecular flexibility index (Phi) is 6.55. The summed E-state index contributed by atoms with van der Waals surface area (Å²) < 4.78 is 11.2. The summed E-state index contributed by atoms with van der Waals surface area (Å²) in [5.41, 5.74) is 2.28. The maximum Gasteiger partial charge on any atom is 0.341 e. The zero-order valence-electron chi connectivity index (χ0n) is 15.4. The molecule has 5 nitrogen and oxygen atoms in total. The average Bonchev–Trinajstić information content (AvgIpc) is 3.04. The van der Waals surface area contributed by atoms with E-state index in [2.05, 4.69) is 21.2 Å². The fourth-order valence-electron chi connectivity index (χ4n) is 3.21. The fourth-order valence-corrected chi connectivity index (χ4v) is 5.03. The van der Waals surface area contributed by atoms with Crippen LogP contribution < -0.4 is 10.1 Å². The van der Waals surface area contributed by atoms with Crippen LogP contribution >= 0.6 is 27.3 Å². The fraction of sp³-hybridized carbons (Fsp3) is 0.400. The van der Waals surface area contributed by atoms with Gasteiger partial charge in [-0.1, -0.05) is 0 Å². The molecule has 0 fully saturated rings. The zero-order chi connectivity index (χ0) is 19.4. The van der Waals surface area contributed by atoms with E-state index in [-0.39, 0.29) is 18.3 Å². The van der Waals surface area contributed by atoms with E-state index in [0.717, 1.165) is 40.7 Å². The number of thiophene rings is 1. The number of rotatable bonds is 7. The topological polar surface area (TPSA) is 64.6 Å². The molecule has 0 saturated carbocycles. The first-order valence-electron chi connectivity index (χ1n) is 8.97. The average molecular weight is 452 g/mol. The molecule has 1 aromatic heterocycles. The van der Waals surface area contributed by atoms with Gasteiger partial charge in [-0.3, -0.25) is 4.79 Å². The van der Waals surface area contributed by atoms with Crippen LogP contribution in [0.2, 0.25) is 0 Å². The summed E-state index contributed by atoms with van der Waals surface area (Å²) in [4.78, 5) is 26.3.